The molecule has 0 amide bonds. The van der Waals surface area contributed by atoms with Gasteiger partial charge >= 0.3 is 5.97 Å². The molecule has 0 spiro atoms. The van der Waals surface area contributed by atoms with E-state index < -0.39 is 17.8 Å². The zero-order valence-electron chi connectivity index (χ0n) is 12.1. The topological polar surface area (TPSA) is 81.9 Å². The minimum atomic E-state index is -0.638. The van der Waals surface area contributed by atoms with Gasteiger partial charge in [-0.15, -0.1) is 0 Å². The predicted molar refractivity (Wildman–Crippen MR) is 75.3 cm³/mol. The quantitative estimate of drug-likeness (QED) is 0.869. The van der Waals surface area contributed by atoms with Gasteiger partial charge in [-0.05, 0) is 42.0 Å². The van der Waals surface area contributed by atoms with Crippen molar-refractivity contribution in [2.45, 2.75) is 19.9 Å². The van der Waals surface area contributed by atoms with Crippen LogP contribution in [0.5, 0.6) is 0 Å². The maximum Gasteiger partial charge on any atom is 0.338 e. The SMILES string of the molecule is CCOC(=O)C1=C(C)Nc2nnnn2[C@H]1c1cccc(F)c1. The number of anilines is 1. The first-order chi connectivity index (χ1) is 10.6. The smallest absolute Gasteiger partial charge is 0.338 e. The molecule has 0 saturated heterocycles. The van der Waals surface area contributed by atoms with Crippen LogP contribution in [0, 0.1) is 5.82 Å². The van der Waals surface area contributed by atoms with Crippen molar-refractivity contribution in [2.24, 2.45) is 0 Å². The van der Waals surface area contributed by atoms with Crippen molar-refractivity contribution in [1.82, 2.24) is 20.2 Å². The Hall–Kier alpha value is -2.77. The molecule has 114 valence electrons. The number of carbonyl (C=O) groups is 1. The zero-order chi connectivity index (χ0) is 15.7. The summed E-state index contributed by atoms with van der Waals surface area (Å²) in [6.07, 6.45) is 0. The van der Waals surface area contributed by atoms with E-state index in [-0.39, 0.29) is 6.61 Å². The summed E-state index contributed by atoms with van der Waals surface area (Å²) >= 11 is 0. The minimum absolute atomic E-state index is 0.244. The van der Waals surface area contributed by atoms with Crippen LogP contribution in [0.4, 0.5) is 10.3 Å². The molecule has 0 saturated carbocycles. The molecule has 0 aliphatic carbocycles. The standard InChI is InChI=1S/C14H14FN5O2/c1-3-22-13(21)11-8(2)16-14-17-18-19-20(14)12(11)9-5-4-6-10(15)7-9/h4-7,12H,3H2,1-2H3,(H,16,17,19)/t12-/m0/s1. The highest BCUT2D eigenvalue weighted by atomic mass is 19.1. The molecule has 0 unspecified atom stereocenters. The second-order valence-corrected chi connectivity index (χ2v) is 4.79. The van der Waals surface area contributed by atoms with E-state index in [2.05, 4.69) is 20.8 Å². The summed E-state index contributed by atoms with van der Waals surface area (Å²) in [5, 5.41) is 14.3. The molecule has 1 aliphatic heterocycles. The van der Waals surface area contributed by atoms with E-state index in [1.54, 1.807) is 26.0 Å². The monoisotopic (exact) mass is 303 g/mol. The van der Waals surface area contributed by atoms with Gasteiger partial charge in [0.1, 0.15) is 11.9 Å². The van der Waals surface area contributed by atoms with Crippen LogP contribution in [-0.4, -0.2) is 32.8 Å². The van der Waals surface area contributed by atoms with Gasteiger partial charge in [-0.25, -0.2) is 9.18 Å². The fourth-order valence-electron chi connectivity index (χ4n) is 2.47. The fourth-order valence-corrected chi connectivity index (χ4v) is 2.47. The van der Waals surface area contributed by atoms with Gasteiger partial charge in [0.25, 0.3) is 0 Å². The van der Waals surface area contributed by atoms with Gasteiger partial charge in [0.05, 0.1) is 12.2 Å². The predicted octanol–water partition coefficient (Wildman–Crippen LogP) is 1.66. The van der Waals surface area contributed by atoms with Crippen LogP contribution < -0.4 is 5.32 Å². The zero-order valence-corrected chi connectivity index (χ0v) is 12.1. The molecule has 2 aromatic rings. The van der Waals surface area contributed by atoms with Crippen molar-refractivity contribution in [3.8, 4) is 0 Å². The largest absolute Gasteiger partial charge is 0.463 e. The Balaban J connectivity index is 2.15. The van der Waals surface area contributed by atoms with Gasteiger partial charge in [-0.1, -0.05) is 17.2 Å². The number of hydrogen-bond donors (Lipinski definition) is 1. The van der Waals surface area contributed by atoms with E-state index >= 15 is 0 Å². The van der Waals surface area contributed by atoms with Crippen LogP contribution in [-0.2, 0) is 9.53 Å². The second kappa shape index (κ2) is 5.55. The lowest BCUT2D eigenvalue weighted by Crippen LogP contribution is -2.29. The molecule has 1 aromatic carbocycles. The first-order valence-electron chi connectivity index (χ1n) is 6.80. The van der Waals surface area contributed by atoms with Crippen molar-refractivity contribution in [1.29, 1.82) is 0 Å². The van der Waals surface area contributed by atoms with Gasteiger partial charge in [0.15, 0.2) is 0 Å². The summed E-state index contributed by atoms with van der Waals surface area (Å²) in [5.74, 6) is -0.491. The number of hydrogen-bond acceptors (Lipinski definition) is 6. The number of ether oxygens (including phenoxy) is 1. The Kier molecular flexibility index (Phi) is 3.58. The second-order valence-electron chi connectivity index (χ2n) is 4.79. The number of allylic oxidation sites excluding steroid dienone is 1. The summed E-state index contributed by atoms with van der Waals surface area (Å²) < 4.78 is 20.1. The molecule has 3 rings (SSSR count). The van der Waals surface area contributed by atoms with E-state index in [0.29, 0.717) is 22.8 Å². The van der Waals surface area contributed by atoms with E-state index in [0.717, 1.165) is 0 Å². The Bertz CT molecular complexity index is 755. The molecule has 0 fully saturated rings. The molecule has 0 radical (unpaired) electrons. The number of fused-ring (bicyclic) bond motifs is 1. The number of aromatic nitrogens is 4. The first kappa shape index (κ1) is 14.2. The normalized spacial score (nSPS) is 17.0. The van der Waals surface area contributed by atoms with E-state index in [9.17, 15) is 9.18 Å². The highest BCUT2D eigenvalue weighted by molar-refractivity contribution is 5.92. The third-order valence-electron chi connectivity index (χ3n) is 3.37. The molecule has 22 heavy (non-hydrogen) atoms. The van der Waals surface area contributed by atoms with Crippen molar-refractivity contribution in [2.75, 3.05) is 11.9 Å². The molecule has 8 heteroatoms. The molecule has 0 bridgehead atoms. The van der Waals surface area contributed by atoms with Gasteiger partial charge in [-0.3, -0.25) is 0 Å². The van der Waals surface area contributed by atoms with Crippen LogP contribution in [0.15, 0.2) is 35.5 Å². The average Bonchev–Trinajstić information content (AvgIpc) is 2.93. The van der Waals surface area contributed by atoms with Gasteiger partial charge in [0, 0.05) is 5.70 Å². The lowest BCUT2D eigenvalue weighted by Gasteiger charge is -2.27. The van der Waals surface area contributed by atoms with E-state index in [4.69, 9.17) is 4.74 Å². The maximum absolute atomic E-state index is 13.6. The fraction of sp³-hybridized carbons (Fsp3) is 0.286. The van der Waals surface area contributed by atoms with Crippen LogP contribution in [0.2, 0.25) is 0 Å². The molecule has 1 atom stereocenters. The van der Waals surface area contributed by atoms with Crippen molar-refractivity contribution >= 4 is 11.9 Å². The number of halogens is 1. The van der Waals surface area contributed by atoms with Crippen molar-refractivity contribution in [3.05, 3.63) is 46.9 Å². The Morgan fingerprint density at radius 1 is 1.50 bits per heavy atom. The number of nitrogens with zero attached hydrogens (tertiary/aromatic N) is 4. The number of esters is 1. The Labute approximate surface area is 125 Å². The highest BCUT2D eigenvalue weighted by Crippen LogP contribution is 2.34. The molecule has 1 aliphatic rings. The summed E-state index contributed by atoms with van der Waals surface area (Å²) in [6, 6.07) is 5.35. The molecule has 2 heterocycles. The lowest BCUT2D eigenvalue weighted by atomic mass is 9.96. The number of benzene rings is 1. The number of rotatable bonds is 3. The van der Waals surface area contributed by atoms with E-state index in [1.807, 2.05) is 0 Å². The summed E-state index contributed by atoms with van der Waals surface area (Å²) in [4.78, 5) is 12.3. The van der Waals surface area contributed by atoms with Crippen molar-refractivity contribution < 1.29 is 13.9 Å². The number of nitrogens with one attached hydrogen (secondary N) is 1. The molecular weight excluding hydrogens is 289 g/mol. The molecule has 1 aromatic heterocycles. The number of tetrazole rings is 1. The van der Waals surface area contributed by atoms with Crippen molar-refractivity contribution in [3.63, 3.8) is 0 Å². The van der Waals surface area contributed by atoms with Crippen LogP contribution in [0.1, 0.15) is 25.5 Å². The van der Waals surface area contributed by atoms with Gasteiger partial charge in [-0.2, -0.15) is 4.68 Å². The third-order valence-corrected chi connectivity index (χ3v) is 3.37. The summed E-state index contributed by atoms with van der Waals surface area (Å²) in [5.41, 5.74) is 1.50. The number of carbonyl (C=O) groups excluding carboxylic acids is 1. The van der Waals surface area contributed by atoms with Gasteiger partial charge < -0.3 is 10.1 Å². The van der Waals surface area contributed by atoms with Gasteiger partial charge in [0.2, 0.25) is 5.95 Å². The molecular formula is C14H14FN5O2. The molecule has 7 nitrogen and oxygen atoms in total. The van der Waals surface area contributed by atoms with E-state index in [1.165, 1.54) is 16.8 Å². The van der Waals surface area contributed by atoms with Crippen LogP contribution >= 0.6 is 0 Å². The third kappa shape index (κ3) is 2.32. The first-order valence-corrected chi connectivity index (χ1v) is 6.80. The highest BCUT2D eigenvalue weighted by Gasteiger charge is 2.34. The minimum Gasteiger partial charge on any atom is -0.463 e. The van der Waals surface area contributed by atoms with Crippen LogP contribution in [0.25, 0.3) is 0 Å². The summed E-state index contributed by atoms with van der Waals surface area (Å²) in [6.45, 7) is 3.70. The molecule has 1 N–H and O–H groups in total. The Morgan fingerprint density at radius 3 is 3.05 bits per heavy atom. The lowest BCUT2D eigenvalue weighted by molar-refractivity contribution is -0.139. The van der Waals surface area contributed by atoms with Crippen LogP contribution in [0.3, 0.4) is 0 Å². The average molecular weight is 303 g/mol. The summed E-state index contributed by atoms with van der Waals surface area (Å²) in [7, 11) is 0. The Morgan fingerprint density at radius 2 is 2.32 bits per heavy atom. The maximum atomic E-state index is 13.6.